The number of nitrogens with zero attached hydrogens (tertiary/aromatic N) is 1. The molecule has 0 atom stereocenters. The first-order valence-electron chi connectivity index (χ1n) is 6.81. The van der Waals surface area contributed by atoms with E-state index in [0.717, 1.165) is 24.4 Å². The number of nitrogens with two attached hydrogens (primary N) is 1. The molecule has 2 rings (SSSR count). The molecular formula is C16H23N3. The van der Waals surface area contributed by atoms with Crippen LogP contribution in [-0.2, 0) is 18.3 Å². The Morgan fingerprint density at radius 2 is 1.84 bits per heavy atom. The van der Waals surface area contributed by atoms with Crippen LogP contribution >= 0.6 is 0 Å². The zero-order chi connectivity index (χ0) is 13.9. The molecule has 0 saturated carbocycles. The number of hydrogen-bond acceptors (Lipinski definition) is 2. The Bertz CT molecular complexity index is 518. The van der Waals surface area contributed by atoms with Crippen molar-refractivity contribution in [1.29, 1.82) is 0 Å². The summed E-state index contributed by atoms with van der Waals surface area (Å²) >= 11 is 0. The summed E-state index contributed by atoms with van der Waals surface area (Å²) in [6.07, 6.45) is 3.58. The summed E-state index contributed by atoms with van der Waals surface area (Å²) in [5, 5.41) is 0. The molecule has 3 N–H and O–H groups in total. The summed E-state index contributed by atoms with van der Waals surface area (Å²) in [4.78, 5) is 7.71. The maximum Gasteiger partial charge on any atom is 0.110 e. The summed E-state index contributed by atoms with van der Waals surface area (Å²) in [5.74, 6) is 1.01. The van der Waals surface area contributed by atoms with Crippen molar-refractivity contribution in [3.05, 3.63) is 53.1 Å². The third kappa shape index (κ3) is 3.67. The summed E-state index contributed by atoms with van der Waals surface area (Å²) in [6.45, 7) is 7.34. The second-order valence-corrected chi connectivity index (χ2v) is 6.02. The topological polar surface area (TPSA) is 54.7 Å². The molecular weight excluding hydrogens is 234 g/mol. The van der Waals surface area contributed by atoms with E-state index in [0.29, 0.717) is 6.54 Å². The fraction of sp³-hybridized carbons (Fsp3) is 0.438. The van der Waals surface area contributed by atoms with Gasteiger partial charge in [0.25, 0.3) is 0 Å². The minimum atomic E-state index is 0.206. The van der Waals surface area contributed by atoms with Crippen LogP contribution in [0, 0.1) is 0 Å². The van der Waals surface area contributed by atoms with Gasteiger partial charge in [-0.05, 0) is 23.1 Å². The molecule has 0 unspecified atom stereocenters. The first-order valence-corrected chi connectivity index (χ1v) is 6.81. The van der Waals surface area contributed by atoms with Crippen LogP contribution in [0.2, 0.25) is 0 Å². The van der Waals surface area contributed by atoms with E-state index in [1.165, 1.54) is 11.1 Å². The molecule has 0 spiro atoms. The van der Waals surface area contributed by atoms with Crippen molar-refractivity contribution >= 4 is 0 Å². The average molecular weight is 257 g/mol. The van der Waals surface area contributed by atoms with Crippen molar-refractivity contribution in [1.82, 2.24) is 9.97 Å². The summed E-state index contributed by atoms with van der Waals surface area (Å²) in [6, 6.07) is 8.79. The first-order chi connectivity index (χ1) is 8.99. The smallest absolute Gasteiger partial charge is 0.110 e. The van der Waals surface area contributed by atoms with Crippen LogP contribution < -0.4 is 5.73 Å². The Morgan fingerprint density at radius 1 is 1.16 bits per heavy atom. The molecule has 1 aromatic carbocycles. The highest BCUT2D eigenvalue weighted by atomic mass is 14.9. The molecule has 0 fully saturated rings. The van der Waals surface area contributed by atoms with Crippen LogP contribution in [0.1, 0.15) is 43.4 Å². The monoisotopic (exact) mass is 257 g/mol. The Kier molecular flexibility index (Phi) is 4.05. The Balaban J connectivity index is 2.06. The zero-order valence-corrected chi connectivity index (χ0v) is 12.0. The molecule has 0 aliphatic heterocycles. The van der Waals surface area contributed by atoms with Gasteiger partial charge in [0.05, 0.1) is 0 Å². The molecule has 3 nitrogen and oxygen atoms in total. The number of H-pyrrole nitrogens is 1. The summed E-state index contributed by atoms with van der Waals surface area (Å²) < 4.78 is 0. The van der Waals surface area contributed by atoms with Gasteiger partial charge in [-0.2, -0.15) is 0 Å². The second-order valence-electron chi connectivity index (χ2n) is 6.02. The van der Waals surface area contributed by atoms with Gasteiger partial charge in [0, 0.05) is 24.7 Å². The van der Waals surface area contributed by atoms with Gasteiger partial charge < -0.3 is 10.7 Å². The fourth-order valence-electron chi connectivity index (χ4n) is 2.09. The normalized spacial score (nSPS) is 11.8. The van der Waals surface area contributed by atoms with Crippen molar-refractivity contribution in [2.75, 3.05) is 6.54 Å². The predicted octanol–water partition coefficient (Wildman–Crippen LogP) is 2.80. The van der Waals surface area contributed by atoms with E-state index in [4.69, 9.17) is 5.73 Å². The van der Waals surface area contributed by atoms with Crippen molar-refractivity contribution in [2.24, 2.45) is 5.73 Å². The Labute approximate surface area is 115 Å². The highest BCUT2D eigenvalue weighted by Crippen LogP contribution is 2.22. The third-order valence-electron chi connectivity index (χ3n) is 3.29. The van der Waals surface area contributed by atoms with Gasteiger partial charge in [-0.3, -0.25) is 0 Å². The lowest BCUT2D eigenvalue weighted by molar-refractivity contribution is 0.590. The molecule has 0 amide bonds. The van der Waals surface area contributed by atoms with E-state index in [2.05, 4.69) is 55.0 Å². The highest BCUT2D eigenvalue weighted by molar-refractivity contribution is 5.29. The standard InChI is InChI=1S/C16H23N3/c1-16(2,3)13-6-4-12(5-7-13)10-15-18-11-14(19-15)8-9-17/h4-7,11H,8-10,17H2,1-3H3,(H,18,19). The summed E-state index contributed by atoms with van der Waals surface area (Å²) in [7, 11) is 0. The number of imidazole rings is 1. The van der Waals surface area contributed by atoms with Crippen LogP contribution in [0.3, 0.4) is 0 Å². The molecule has 102 valence electrons. The Morgan fingerprint density at radius 3 is 2.42 bits per heavy atom. The van der Waals surface area contributed by atoms with Crippen LogP contribution in [-0.4, -0.2) is 16.5 Å². The van der Waals surface area contributed by atoms with Gasteiger partial charge in [0.1, 0.15) is 5.82 Å². The molecule has 19 heavy (non-hydrogen) atoms. The van der Waals surface area contributed by atoms with Crippen molar-refractivity contribution in [3.63, 3.8) is 0 Å². The molecule has 1 aromatic heterocycles. The van der Waals surface area contributed by atoms with Crippen molar-refractivity contribution < 1.29 is 0 Å². The molecule has 2 aromatic rings. The predicted molar refractivity (Wildman–Crippen MR) is 79.3 cm³/mol. The van der Waals surface area contributed by atoms with Gasteiger partial charge in [-0.1, -0.05) is 45.0 Å². The zero-order valence-electron chi connectivity index (χ0n) is 12.0. The summed E-state index contributed by atoms with van der Waals surface area (Å²) in [5.41, 5.74) is 9.49. The van der Waals surface area contributed by atoms with E-state index < -0.39 is 0 Å². The number of aromatic amines is 1. The maximum atomic E-state index is 5.53. The highest BCUT2D eigenvalue weighted by Gasteiger charge is 2.13. The lowest BCUT2D eigenvalue weighted by atomic mass is 9.86. The third-order valence-corrected chi connectivity index (χ3v) is 3.29. The largest absolute Gasteiger partial charge is 0.346 e. The van der Waals surface area contributed by atoms with Gasteiger partial charge in [0.15, 0.2) is 0 Å². The van der Waals surface area contributed by atoms with Gasteiger partial charge >= 0.3 is 0 Å². The molecule has 0 aliphatic rings. The fourth-order valence-corrected chi connectivity index (χ4v) is 2.09. The lowest BCUT2D eigenvalue weighted by Gasteiger charge is -2.19. The van der Waals surface area contributed by atoms with Crippen LogP contribution in [0.5, 0.6) is 0 Å². The van der Waals surface area contributed by atoms with Crippen LogP contribution in [0.25, 0.3) is 0 Å². The van der Waals surface area contributed by atoms with Crippen LogP contribution in [0.4, 0.5) is 0 Å². The van der Waals surface area contributed by atoms with Gasteiger partial charge in [0.2, 0.25) is 0 Å². The molecule has 0 saturated heterocycles. The minimum absolute atomic E-state index is 0.206. The molecule has 1 heterocycles. The molecule has 0 radical (unpaired) electrons. The molecule has 0 aliphatic carbocycles. The number of rotatable bonds is 4. The number of benzene rings is 1. The van der Waals surface area contributed by atoms with Gasteiger partial charge in [-0.25, -0.2) is 4.98 Å². The SMILES string of the molecule is CC(C)(C)c1ccc(Cc2ncc(CCN)[nH]2)cc1. The minimum Gasteiger partial charge on any atom is -0.346 e. The van der Waals surface area contributed by atoms with Gasteiger partial charge in [-0.15, -0.1) is 0 Å². The molecule has 3 heteroatoms. The number of aromatic nitrogens is 2. The van der Waals surface area contributed by atoms with E-state index in [-0.39, 0.29) is 5.41 Å². The van der Waals surface area contributed by atoms with Crippen molar-refractivity contribution in [2.45, 2.75) is 39.0 Å². The van der Waals surface area contributed by atoms with Crippen LogP contribution in [0.15, 0.2) is 30.5 Å². The quantitative estimate of drug-likeness (QED) is 0.885. The Hall–Kier alpha value is -1.61. The van der Waals surface area contributed by atoms with E-state index in [1.54, 1.807) is 0 Å². The lowest BCUT2D eigenvalue weighted by Crippen LogP contribution is -2.10. The van der Waals surface area contributed by atoms with E-state index in [1.807, 2.05) is 6.20 Å². The van der Waals surface area contributed by atoms with Crippen molar-refractivity contribution in [3.8, 4) is 0 Å². The maximum absolute atomic E-state index is 5.53. The molecule has 0 bridgehead atoms. The van der Waals surface area contributed by atoms with E-state index >= 15 is 0 Å². The number of nitrogens with one attached hydrogen (secondary N) is 1. The average Bonchev–Trinajstić information content (AvgIpc) is 2.77. The number of hydrogen-bond donors (Lipinski definition) is 2. The second kappa shape index (κ2) is 5.57. The first kappa shape index (κ1) is 13.8. The van der Waals surface area contributed by atoms with E-state index in [9.17, 15) is 0 Å².